The van der Waals surface area contributed by atoms with Crippen LogP contribution in [0.4, 0.5) is 0 Å². The molecule has 0 spiro atoms. The molecule has 4 nitrogen and oxygen atoms in total. The van der Waals surface area contributed by atoms with E-state index in [4.69, 9.17) is 10.5 Å². The third-order valence-corrected chi connectivity index (χ3v) is 3.95. The van der Waals surface area contributed by atoms with Crippen LogP contribution in [0, 0.1) is 11.8 Å². The van der Waals surface area contributed by atoms with E-state index < -0.39 is 0 Å². The molecule has 106 valence electrons. The molecule has 3 N–H and O–H groups in total. The lowest BCUT2D eigenvalue weighted by Gasteiger charge is -2.30. The van der Waals surface area contributed by atoms with Gasteiger partial charge in [-0.1, -0.05) is 13.3 Å². The average molecular weight is 256 g/mol. The standard InChI is InChI=1S/C14H28N2O2/c1-11(12-6-5-7-13(15)10-12)14(17)16-8-3-4-9-18-2/h11-13H,3-10,15H2,1-2H3,(H,16,17). The van der Waals surface area contributed by atoms with Crippen LogP contribution in [0.2, 0.25) is 0 Å². The lowest BCUT2D eigenvalue weighted by Crippen LogP contribution is -2.38. The molecule has 1 fully saturated rings. The molecule has 0 aromatic carbocycles. The molecule has 1 saturated carbocycles. The van der Waals surface area contributed by atoms with E-state index in [-0.39, 0.29) is 11.8 Å². The molecule has 0 aromatic rings. The fourth-order valence-electron chi connectivity index (χ4n) is 2.68. The molecule has 4 heteroatoms. The van der Waals surface area contributed by atoms with Gasteiger partial charge < -0.3 is 15.8 Å². The number of rotatable bonds is 7. The second-order valence-corrected chi connectivity index (χ2v) is 5.47. The van der Waals surface area contributed by atoms with Crippen LogP contribution in [0.15, 0.2) is 0 Å². The van der Waals surface area contributed by atoms with Gasteiger partial charge in [0.25, 0.3) is 0 Å². The number of amides is 1. The van der Waals surface area contributed by atoms with Gasteiger partial charge in [-0.05, 0) is 38.0 Å². The minimum atomic E-state index is 0.0961. The molecule has 1 aliphatic rings. The second kappa shape index (κ2) is 8.48. The van der Waals surface area contributed by atoms with E-state index in [0.29, 0.717) is 12.0 Å². The van der Waals surface area contributed by atoms with E-state index in [1.54, 1.807) is 7.11 Å². The Bertz CT molecular complexity index is 246. The van der Waals surface area contributed by atoms with Crippen LogP contribution in [-0.2, 0) is 9.53 Å². The summed E-state index contributed by atoms with van der Waals surface area (Å²) in [6, 6.07) is 0.292. The Balaban J connectivity index is 2.19. The van der Waals surface area contributed by atoms with Crippen LogP contribution in [0.25, 0.3) is 0 Å². The molecule has 0 heterocycles. The lowest BCUT2D eigenvalue weighted by molar-refractivity contribution is -0.126. The zero-order chi connectivity index (χ0) is 13.4. The quantitative estimate of drug-likeness (QED) is 0.681. The van der Waals surface area contributed by atoms with Crippen LogP contribution in [0.1, 0.15) is 45.4 Å². The minimum absolute atomic E-state index is 0.0961. The maximum absolute atomic E-state index is 12.0. The van der Waals surface area contributed by atoms with Crippen molar-refractivity contribution in [3.05, 3.63) is 0 Å². The Hall–Kier alpha value is -0.610. The Morgan fingerprint density at radius 3 is 2.89 bits per heavy atom. The first-order valence-electron chi connectivity index (χ1n) is 7.17. The SMILES string of the molecule is COCCCCNC(=O)C(C)C1CCCC(N)C1. The van der Waals surface area contributed by atoms with Gasteiger partial charge in [0.05, 0.1) is 0 Å². The zero-order valence-electron chi connectivity index (χ0n) is 11.8. The van der Waals surface area contributed by atoms with Gasteiger partial charge in [0.15, 0.2) is 0 Å². The van der Waals surface area contributed by atoms with Gasteiger partial charge in [0.1, 0.15) is 0 Å². The van der Waals surface area contributed by atoms with Gasteiger partial charge in [0.2, 0.25) is 5.91 Å². The van der Waals surface area contributed by atoms with Crippen molar-refractivity contribution in [2.24, 2.45) is 17.6 Å². The van der Waals surface area contributed by atoms with E-state index in [0.717, 1.165) is 51.7 Å². The number of carbonyl (C=O) groups excluding carboxylic acids is 1. The summed E-state index contributed by atoms with van der Waals surface area (Å²) in [5, 5.41) is 3.02. The normalized spacial score (nSPS) is 25.7. The minimum Gasteiger partial charge on any atom is -0.385 e. The fourth-order valence-corrected chi connectivity index (χ4v) is 2.68. The third kappa shape index (κ3) is 5.36. The van der Waals surface area contributed by atoms with E-state index in [1.807, 2.05) is 6.92 Å². The van der Waals surface area contributed by atoms with Gasteiger partial charge in [-0.15, -0.1) is 0 Å². The Morgan fingerprint density at radius 2 is 2.22 bits per heavy atom. The van der Waals surface area contributed by atoms with E-state index in [2.05, 4.69) is 5.32 Å². The highest BCUT2D eigenvalue weighted by atomic mass is 16.5. The van der Waals surface area contributed by atoms with Gasteiger partial charge in [-0.3, -0.25) is 4.79 Å². The van der Waals surface area contributed by atoms with Crippen LogP contribution in [0.3, 0.4) is 0 Å². The highest BCUT2D eigenvalue weighted by molar-refractivity contribution is 5.78. The molecule has 3 unspecified atom stereocenters. The third-order valence-electron chi connectivity index (χ3n) is 3.95. The number of nitrogens with one attached hydrogen (secondary N) is 1. The van der Waals surface area contributed by atoms with Gasteiger partial charge >= 0.3 is 0 Å². The van der Waals surface area contributed by atoms with Crippen molar-refractivity contribution in [1.29, 1.82) is 0 Å². The predicted molar refractivity (Wildman–Crippen MR) is 73.2 cm³/mol. The molecule has 1 rings (SSSR count). The predicted octanol–water partition coefficient (Wildman–Crippen LogP) is 1.68. The van der Waals surface area contributed by atoms with Crippen molar-refractivity contribution >= 4 is 5.91 Å². The Kier molecular flexibility index (Phi) is 7.28. The summed E-state index contributed by atoms with van der Waals surface area (Å²) in [4.78, 5) is 12.0. The molecule has 0 aliphatic heterocycles. The summed E-state index contributed by atoms with van der Waals surface area (Å²) in [6.45, 7) is 3.56. The fraction of sp³-hybridized carbons (Fsp3) is 0.929. The van der Waals surface area contributed by atoms with Crippen molar-refractivity contribution in [2.45, 2.75) is 51.5 Å². The number of ether oxygens (including phenoxy) is 1. The first-order valence-corrected chi connectivity index (χ1v) is 7.17. The van der Waals surface area contributed by atoms with Crippen LogP contribution < -0.4 is 11.1 Å². The molecule has 3 atom stereocenters. The number of hydrogen-bond acceptors (Lipinski definition) is 3. The van der Waals surface area contributed by atoms with Crippen LogP contribution in [-0.4, -0.2) is 32.2 Å². The molecule has 1 aliphatic carbocycles. The number of hydrogen-bond donors (Lipinski definition) is 2. The largest absolute Gasteiger partial charge is 0.385 e. The molecule has 18 heavy (non-hydrogen) atoms. The second-order valence-electron chi connectivity index (χ2n) is 5.47. The number of methoxy groups -OCH3 is 1. The molecule has 1 amide bonds. The van der Waals surface area contributed by atoms with Crippen molar-refractivity contribution in [2.75, 3.05) is 20.3 Å². The highest BCUT2D eigenvalue weighted by Gasteiger charge is 2.28. The molecular formula is C14H28N2O2. The Morgan fingerprint density at radius 1 is 1.44 bits per heavy atom. The Labute approximate surface area is 111 Å². The molecule has 0 saturated heterocycles. The van der Waals surface area contributed by atoms with Crippen LogP contribution >= 0.6 is 0 Å². The molecule has 0 aromatic heterocycles. The smallest absolute Gasteiger partial charge is 0.223 e. The van der Waals surface area contributed by atoms with Crippen molar-refractivity contribution < 1.29 is 9.53 Å². The lowest BCUT2D eigenvalue weighted by atomic mass is 9.78. The number of carbonyl (C=O) groups is 1. The molecule has 0 bridgehead atoms. The van der Waals surface area contributed by atoms with E-state index >= 15 is 0 Å². The number of nitrogens with two attached hydrogens (primary N) is 1. The van der Waals surface area contributed by atoms with Crippen molar-refractivity contribution in [1.82, 2.24) is 5.32 Å². The van der Waals surface area contributed by atoms with Crippen molar-refractivity contribution in [3.8, 4) is 0 Å². The zero-order valence-corrected chi connectivity index (χ0v) is 11.8. The van der Waals surface area contributed by atoms with E-state index in [9.17, 15) is 4.79 Å². The van der Waals surface area contributed by atoms with Gasteiger partial charge in [0, 0.05) is 32.2 Å². The number of unbranched alkanes of at least 4 members (excludes halogenated alkanes) is 1. The van der Waals surface area contributed by atoms with E-state index in [1.165, 1.54) is 0 Å². The summed E-state index contributed by atoms with van der Waals surface area (Å²) in [6.07, 6.45) is 6.40. The maximum Gasteiger partial charge on any atom is 0.223 e. The van der Waals surface area contributed by atoms with Gasteiger partial charge in [-0.25, -0.2) is 0 Å². The summed E-state index contributed by atoms with van der Waals surface area (Å²) in [5.74, 6) is 0.748. The highest BCUT2D eigenvalue weighted by Crippen LogP contribution is 2.29. The first kappa shape index (κ1) is 15.4. The summed E-state index contributed by atoms with van der Waals surface area (Å²) in [5.41, 5.74) is 5.97. The molecule has 0 radical (unpaired) electrons. The maximum atomic E-state index is 12.0. The van der Waals surface area contributed by atoms with Crippen LogP contribution in [0.5, 0.6) is 0 Å². The van der Waals surface area contributed by atoms with Gasteiger partial charge in [-0.2, -0.15) is 0 Å². The summed E-state index contributed by atoms with van der Waals surface area (Å²) < 4.78 is 4.98. The monoisotopic (exact) mass is 256 g/mol. The average Bonchev–Trinajstić information content (AvgIpc) is 2.37. The molecular weight excluding hydrogens is 228 g/mol. The summed E-state index contributed by atoms with van der Waals surface area (Å²) in [7, 11) is 1.70. The summed E-state index contributed by atoms with van der Waals surface area (Å²) >= 11 is 0. The first-order chi connectivity index (χ1) is 8.65. The van der Waals surface area contributed by atoms with Crippen molar-refractivity contribution in [3.63, 3.8) is 0 Å². The topological polar surface area (TPSA) is 64.3 Å².